The number of anilines is 1. The van der Waals surface area contributed by atoms with Crippen LogP contribution in [0.5, 0.6) is 0 Å². The average molecular weight is 475 g/mol. The van der Waals surface area contributed by atoms with Crippen molar-refractivity contribution in [3.8, 4) is 11.4 Å². The topological polar surface area (TPSA) is 105 Å². The minimum Gasteiger partial charge on any atom is -0.339 e. The number of benzene rings is 1. The minimum atomic E-state index is -3.63. The second-order valence-corrected chi connectivity index (χ2v) is 10.8. The van der Waals surface area contributed by atoms with Crippen molar-refractivity contribution in [2.24, 2.45) is 5.92 Å². The van der Waals surface area contributed by atoms with E-state index >= 15 is 0 Å². The molecular weight excluding hydrogens is 448 g/mol. The Morgan fingerprint density at radius 2 is 1.97 bits per heavy atom. The molecule has 0 bridgehead atoms. The molecule has 1 saturated heterocycles. The molecule has 0 aliphatic carbocycles. The molecule has 1 aliphatic heterocycles. The van der Waals surface area contributed by atoms with Crippen LogP contribution >= 0.6 is 11.3 Å². The maximum absolute atomic E-state index is 13.1. The summed E-state index contributed by atoms with van der Waals surface area (Å²) in [6, 6.07) is 9.34. The number of aromatic nitrogens is 2. The van der Waals surface area contributed by atoms with Crippen LogP contribution in [-0.2, 0) is 27.7 Å². The summed E-state index contributed by atoms with van der Waals surface area (Å²) in [5.74, 6) is 0.641. The lowest BCUT2D eigenvalue weighted by Crippen LogP contribution is -2.41. The van der Waals surface area contributed by atoms with Gasteiger partial charge in [0.15, 0.2) is 0 Å². The second-order valence-electron chi connectivity index (χ2n) is 7.70. The van der Waals surface area contributed by atoms with Crippen LogP contribution in [0.2, 0.25) is 0 Å². The lowest BCUT2D eigenvalue weighted by molar-refractivity contribution is -0.120. The van der Waals surface area contributed by atoms with E-state index in [1.54, 1.807) is 11.4 Å². The molecule has 0 radical (unpaired) electrons. The van der Waals surface area contributed by atoms with Crippen LogP contribution < -0.4 is 5.32 Å². The standard InChI is InChI=1S/C22H26N4O4S2/c1-3-15-7-5-6-8-18(15)23-22(27)16-9-11-26(12-10-16)32(28,29)20-13-17(14-31-20)21-24-19(4-2)30-25-21/h5-8,13-14,16H,3-4,9-12H2,1-2H3,(H,23,27). The summed E-state index contributed by atoms with van der Waals surface area (Å²) in [6.07, 6.45) is 2.43. The number of hydrogen-bond donors (Lipinski definition) is 1. The predicted molar refractivity (Wildman–Crippen MR) is 123 cm³/mol. The normalized spacial score (nSPS) is 15.7. The molecule has 3 aromatic rings. The minimum absolute atomic E-state index is 0.0507. The Hall–Kier alpha value is -2.56. The number of para-hydroxylation sites is 1. The van der Waals surface area contributed by atoms with E-state index in [0.717, 1.165) is 29.0 Å². The Morgan fingerprint density at radius 3 is 2.66 bits per heavy atom. The maximum Gasteiger partial charge on any atom is 0.252 e. The van der Waals surface area contributed by atoms with Crippen LogP contribution in [0.1, 0.15) is 38.1 Å². The van der Waals surface area contributed by atoms with Gasteiger partial charge < -0.3 is 9.84 Å². The van der Waals surface area contributed by atoms with Gasteiger partial charge in [-0.15, -0.1) is 11.3 Å². The van der Waals surface area contributed by atoms with Crippen molar-refractivity contribution < 1.29 is 17.7 Å². The monoisotopic (exact) mass is 474 g/mol. The van der Waals surface area contributed by atoms with Gasteiger partial charge in [0.05, 0.1) is 0 Å². The van der Waals surface area contributed by atoms with E-state index in [1.165, 1.54) is 4.31 Å². The van der Waals surface area contributed by atoms with Crippen LogP contribution in [0, 0.1) is 5.92 Å². The van der Waals surface area contributed by atoms with Gasteiger partial charge >= 0.3 is 0 Å². The lowest BCUT2D eigenvalue weighted by Gasteiger charge is -2.30. The zero-order valence-corrected chi connectivity index (χ0v) is 19.7. The molecule has 32 heavy (non-hydrogen) atoms. The Labute approximate surface area is 191 Å². The SMILES string of the molecule is CCc1nc(-c2csc(S(=O)(=O)N3CCC(C(=O)Nc4ccccc4CC)CC3)c2)no1. The highest BCUT2D eigenvalue weighted by Crippen LogP contribution is 2.31. The molecular formula is C22H26N4O4S2. The molecule has 0 saturated carbocycles. The number of carbonyl (C=O) groups is 1. The molecule has 4 rings (SSSR count). The van der Waals surface area contributed by atoms with E-state index in [1.807, 2.05) is 38.1 Å². The van der Waals surface area contributed by atoms with Crippen molar-refractivity contribution >= 4 is 33.0 Å². The van der Waals surface area contributed by atoms with Crippen molar-refractivity contribution in [1.29, 1.82) is 0 Å². The van der Waals surface area contributed by atoms with E-state index < -0.39 is 10.0 Å². The Bertz CT molecular complexity index is 1190. The molecule has 170 valence electrons. The molecule has 1 amide bonds. The molecule has 0 unspecified atom stereocenters. The molecule has 0 spiro atoms. The first kappa shape index (κ1) is 22.6. The summed E-state index contributed by atoms with van der Waals surface area (Å²) in [7, 11) is -3.63. The van der Waals surface area contributed by atoms with Gasteiger partial charge in [-0.2, -0.15) is 9.29 Å². The number of carbonyl (C=O) groups excluding carboxylic acids is 1. The Kier molecular flexibility index (Phi) is 6.73. The first-order chi connectivity index (χ1) is 15.4. The maximum atomic E-state index is 13.1. The number of hydrogen-bond acceptors (Lipinski definition) is 7. The number of nitrogens with zero attached hydrogens (tertiary/aromatic N) is 3. The molecule has 3 heterocycles. The summed E-state index contributed by atoms with van der Waals surface area (Å²) in [6.45, 7) is 4.58. The Morgan fingerprint density at radius 1 is 1.22 bits per heavy atom. The van der Waals surface area contributed by atoms with Gasteiger partial charge in [-0.1, -0.05) is 37.2 Å². The number of sulfonamides is 1. The third-order valence-electron chi connectivity index (χ3n) is 5.68. The van der Waals surface area contributed by atoms with E-state index in [9.17, 15) is 13.2 Å². The number of aryl methyl sites for hydroxylation is 2. The van der Waals surface area contributed by atoms with Crippen molar-refractivity contribution in [3.05, 3.63) is 47.2 Å². The molecule has 1 N–H and O–H groups in total. The Balaban J connectivity index is 1.39. The smallest absolute Gasteiger partial charge is 0.252 e. The molecule has 2 aromatic heterocycles. The van der Waals surface area contributed by atoms with E-state index in [2.05, 4.69) is 15.5 Å². The highest BCUT2D eigenvalue weighted by Gasteiger charge is 2.33. The molecule has 8 nitrogen and oxygen atoms in total. The zero-order chi connectivity index (χ0) is 22.7. The van der Waals surface area contributed by atoms with E-state index in [0.29, 0.717) is 49.6 Å². The molecule has 1 aliphatic rings. The number of thiophene rings is 1. The average Bonchev–Trinajstić information content (AvgIpc) is 3.49. The van der Waals surface area contributed by atoms with Gasteiger partial charge in [0, 0.05) is 42.1 Å². The summed E-state index contributed by atoms with van der Waals surface area (Å²) >= 11 is 1.14. The fraction of sp³-hybridized carbons (Fsp3) is 0.409. The van der Waals surface area contributed by atoms with Crippen LogP contribution in [0.3, 0.4) is 0 Å². The quantitative estimate of drug-likeness (QED) is 0.556. The zero-order valence-electron chi connectivity index (χ0n) is 18.1. The number of amides is 1. The van der Waals surface area contributed by atoms with Gasteiger partial charge in [-0.05, 0) is 37.0 Å². The molecule has 1 fully saturated rings. The van der Waals surface area contributed by atoms with Crippen molar-refractivity contribution in [1.82, 2.24) is 14.4 Å². The van der Waals surface area contributed by atoms with Crippen molar-refractivity contribution in [2.75, 3.05) is 18.4 Å². The van der Waals surface area contributed by atoms with Crippen molar-refractivity contribution in [3.63, 3.8) is 0 Å². The molecule has 0 atom stereocenters. The lowest BCUT2D eigenvalue weighted by atomic mass is 9.97. The predicted octanol–water partition coefficient (Wildman–Crippen LogP) is 3.96. The summed E-state index contributed by atoms with van der Waals surface area (Å²) in [5, 5.41) is 8.65. The van der Waals surface area contributed by atoms with Crippen LogP contribution in [0.15, 0.2) is 44.4 Å². The van der Waals surface area contributed by atoms with Crippen molar-refractivity contribution in [2.45, 2.75) is 43.7 Å². The fourth-order valence-electron chi connectivity index (χ4n) is 3.76. The third-order valence-corrected chi connectivity index (χ3v) is 8.99. The molecule has 10 heteroatoms. The van der Waals surface area contributed by atoms with Crippen LogP contribution in [-0.4, -0.2) is 41.9 Å². The fourth-order valence-corrected chi connectivity index (χ4v) is 6.54. The number of rotatable bonds is 7. The molecule has 1 aromatic carbocycles. The highest BCUT2D eigenvalue weighted by atomic mass is 32.2. The van der Waals surface area contributed by atoms with Gasteiger partial charge in [0.1, 0.15) is 4.21 Å². The van der Waals surface area contributed by atoms with Gasteiger partial charge in [-0.25, -0.2) is 8.42 Å². The van der Waals surface area contributed by atoms with Gasteiger partial charge in [0.25, 0.3) is 10.0 Å². The first-order valence-electron chi connectivity index (χ1n) is 10.7. The summed E-state index contributed by atoms with van der Waals surface area (Å²) < 4.78 is 33.1. The first-order valence-corrected chi connectivity index (χ1v) is 13.0. The van der Waals surface area contributed by atoms with E-state index in [-0.39, 0.29) is 16.0 Å². The second kappa shape index (κ2) is 9.51. The third kappa shape index (κ3) is 4.62. The largest absolute Gasteiger partial charge is 0.339 e. The van der Waals surface area contributed by atoms with Crippen LogP contribution in [0.4, 0.5) is 5.69 Å². The van der Waals surface area contributed by atoms with Gasteiger partial charge in [0.2, 0.25) is 17.6 Å². The number of nitrogens with one attached hydrogen (secondary N) is 1. The summed E-state index contributed by atoms with van der Waals surface area (Å²) in [5.41, 5.74) is 2.54. The highest BCUT2D eigenvalue weighted by molar-refractivity contribution is 7.91. The number of piperidine rings is 1. The van der Waals surface area contributed by atoms with Gasteiger partial charge in [-0.3, -0.25) is 4.79 Å². The van der Waals surface area contributed by atoms with Crippen LogP contribution in [0.25, 0.3) is 11.4 Å². The summed E-state index contributed by atoms with van der Waals surface area (Å²) in [4.78, 5) is 17.0. The van der Waals surface area contributed by atoms with E-state index in [4.69, 9.17) is 4.52 Å².